The fourth-order valence-electron chi connectivity index (χ4n) is 3.67. The second-order valence-corrected chi connectivity index (χ2v) is 8.18. The van der Waals surface area contributed by atoms with Gasteiger partial charge in [0, 0.05) is 26.6 Å². The van der Waals surface area contributed by atoms with E-state index < -0.39 is 80.0 Å². The third kappa shape index (κ3) is 8.05. The van der Waals surface area contributed by atoms with Gasteiger partial charge in [0.15, 0.2) is 6.29 Å². The van der Waals surface area contributed by atoms with Gasteiger partial charge in [-0.2, -0.15) is 0 Å². The predicted molar refractivity (Wildman–Crippen MR) is 120 cm³/mol. The zero-order chi connectivity index (χ0) is 26.1. The number of hydrogen-bond acceptors (Lipinski definition) is 12. The van der Waals surface area contributed by atoms with Crippen LogP contribution in [-0.2, 0) is 19.1 Å². The molecular formula is C21H34N4O10. The van der Waals surface area contributed by atoms with E-state index in [1.807, 2.05) is 0 Å². The highest BCUT2D eigenvalue weighted by Crippen LogP contribution is 2.25. The van der Waals surface area contributed by atoms with Gasteiger partial charge < -0.3 is 56.1 Å². The number of anilines is 1. The molecule has 198 valence electrons. The summed E-state index contributed by atoms with van der Waals surface area (Å²) in [5.41, 5.74) is 0. The van der Waals surface area contributed by atoms with Crippen LogP contribution in [0, 0.1) is 0 Å². The molecule has 1 saturated heterocycles. The number of hydrogen-bond donors (Lipinski definition) is 9. The second-order valence-electron chi connectivity index (χ2n) is 8.18. The van der Waals surface area contributed by atoms with Crippen LogP contribution < -0.4 is 16.0 Å². The molecule has 1 aromatic rings. The molecule has 9 atom stereocenters. The molecule has 9 N–H and O–H groups in total. The van der Waals surface area contributed by atoms with Gasteiger partial charge in [0.2, 0.25) is 11.8 Å². The van der Waals surface area contributed by atoms with Crippen LogP contribution in [0.1, 0.15) is 13.8 Å². The normalized spacial score (nSPS) is 27.8. The van der Waals surface area contributed by atoms with Gasteiger partial charge in [0.25, 0.3) is 0 Å². The second kappa shape index (κ2) is 13.6. The van der Waals surface area contributed by atoms with Gasteiger partial charge in [-0.1, -0.05) is 6.07 Å². The van der Waals surface area contributed by atoms with E-state index in [9.17, 15) is 40.2 Å². The first-order valence-corrected chi connectivity index (χ1v) is 11.0. The summed E-state index contributed by atoms with van der Waals surface area (Å²) in [6.45, 7) is 0.757. The average Bonchev–Trinajstić information content (AvgIpc) is 2.83. The highest BCUT2D eigenvalue weighted by atomic mass is 16.7. The van der Waals surface area contributed by atoms with Crippen molar-refractivity contribution in [3.8, 4) is 0 Å². The molecule has 1 aliphatic heterocycles. The molecule has 0 aromatic carbocycles. The van der Waals surface area contributed by atoms with Crippen molar-refractivity contribution in [2.75, 3.05) is 25.1 Å². The molecule has 2 heterocycles. The SMILES string of the molecule is CC(=O)NC(CNc1ccccn1)[C@H](O)C(O[C@@H]1OC(CO)[C@@H](O)[C@H](O)C1NC(C)=O)C(O)CO. The van der Waals surface area contributed by atoms with E-state index in [0.717, 1.165) is 6.92 Å². The highest BCUT2D eigenvalue weighted by molar-refractivity contribution is 5.73. The molecule has 14 nitrogen and oxygen atoms in total. The highest BCUT2D eigenvalue weighted by Gasteiger charge is 2.48. The van der Waals surface area contributed by atoms with Crippen molar-refractivity contribution in [2.45, 2.75) is 68.8 Å². The van der Waals surface area contributed by atoms with Crippen molar-refractivity contribution in [2.24, 2.45) is 0 Å². The molecular weight excluding hydrogens is 468 g/mol. The summed E-state index contributed by atoms with van der Waals surface area (Å²) in [5, 5.41) is 69.0. The number of nitrogens with zero attached hydrogens (tertiary/aromatic N) is 1. The molecule has 0 aliphatic carbocycles. The summed E-state index contributed by atoms with van der Waals surface area (Å²) in [4.78, 5) is 27.5. The minimum absolute atomic E-state index is 0.0585. The van der Waals surface area contributed by atoms with E-state index in [0.29, 0.717) is 5.82 Å². The molecule has 1 aliphatic rings. The zero-order valence-corrected chi connectivity index (χ0v) is 19.4. The minimum Gasteiger partial charge on any atom is -0.394 e. The molecule has 2 amide bonds. The third-order valence-electron chi connectivity index (χ3n) is 5.41. The summed E-state index contributed by atoms with van der Waals surface area (Å²) in [7, 11) is 0. The van der Waals surface area contributed by atoms with Crippen molar-refractivity contribution in [1.29, 1.82) is 0 Å². The number of pyridine rings is 1. The summed E-state index contributed by atoms with van der Waals surface area (Å²) in [6.07, 6.45) is -9.46. The van der Waals surface area contributed by atoms with Crippen LogP contribution in [0.2, 0.25) is 0 Å². The topological polar surface area (TPSA) is 223 Å². The number of rotatable bonds is 12. The molecule has 0 bridgehead atoms. The lowest BCUT2D eigenvalue weighted by Gasteiger charge is -2.44. The zero-order valence-electron chi connectivity index (χ0n) is 19.4. The average molecular weight is 503 g/mol. The largest absolute Gasteiger partial charge is 0.394 e. The van der Waals surface area contributed by atoms with E-state index in [-0.39, 0.29) is 6.54 Å². The Balaban J connectivity index is 2.28. The van der Waals surface area contributed by atoms with Gasteiger partial charge in [-0.25, -0.2) is 4.98 Å². The van der Waals surface area contributed by atoms with E-state index in [2.05, 4.69) is 20.9 Å². The van der Waals surface area contributed by atoms with Crippen LogP contribution in [0.15, 0.2) is 24.4 Å². The number of nitrogens with one attached hydrogen (secondary N) is 3. The number of amides is 2. The Morgan fingerprint density at radius 2 is 1.86 bits per heavy atom. The lowest BCUT2D eigenvalue weighted by molar-refractivity contribution is -0.299. The van der Waals surface area contributed by atoms with E-state index in [1.165, 1.54) is 13.1 Å². The Labute approximate surface area is 201 Å². The minimum atomic E-state index is -1.69. The first-order chi connectivity index (χ1) is 16.6. The van der Waals surface area contributed by atoms with Crippen LogP contribution in [0.3, 0.4) is 0 Å². The fourth-order valence-corrected chi connectivity index (χ4v) is 3.67. The summed E-state index contributed by atoms with van der Waals surface area (Å²) in [5.74, 6) is -0.658. The van der Waals surface area contributed by atoms with Gasteiger partial charge in [-0.3, -0.25) is 9.59 Å². The number of carbonyl (C=O) groups excluding carboxylic acids is 2. The Morgan fingerprint density at radius 1 is 1.14 bits per heavy atom. The van der Waals surface area contributed by atoms with Gasteiger partial charge in [0.05, 0.1) is 19.3 Å². The lowest BCUT2D eigenvalue weighted by Crippen LogP contribution is -2.66. The standard InChI is InChI=1S/C21H34N4O10/c1-10(28)24-12(7-23-15-5-3-4-6-22-15)17(31)20(13(30)8-26)35-21-16(25-11(2)29)19(33)18(32)14(9-27)34-21/h3-6,12-14,16-21,26-27,30-33H,7-9H2,1-2H3,(H,22,23)(H,24,28)(H,25,29)/t12?,13?,14?,16?,17-,18+,19+,20?,21-/m0/s1. The van der Waals surface area contributed by atoms with Gasteiger partial charge >= 0.3 is 0 Å². The maximum absolute atomic E-state index is 11.8. The summed E-state index contributed by atoms with van der Waals surface area (Å²) < 4.78 is 11.2. The van der Waals surface area contributed by atoms with Crippen LogP contribution in [0.25, 0.3) is 0 Å². The maximum Gasteiger partial charge on any atom is 0.217 e. The molecule has 0 spiro atoms. The molecule has 14 heteroatoms. The van der Waals surface area contributed by atoms with Crippen molar-refractivity contribution in [3.63, 3.8) is 0 Å². The van der Waals surface area contributed by atoms with E-state index >= 15 is 0 Å². The number of ether oxygens (including phenoxy) is 2. The first-order valence-electron chi connectivity index (χ1n) is 11.0. The van der Waals surface area contributed by atoms with Crippen LogP contribution in [0.5, 0.6) is 0 Å². The first kappa shape index (κ1) is 28.8. The van der Waals surface area contributed by atoms with Crippen LogP contribution >= 0.6 is 0 Å². The summed E-state index contributed by atoms with van der Waals surface area (Å²) >= 11 is 0. The Bertz CT molecular complexity index is 804. The van der Waals surface area contributed by atoms with Gasteiger partial charge in [0.1, 0.15) is 48.5 Å². The number of carbonyl (C=O) groups is 2. The fraction of sp³-hybridized carbons (Fsp3) is 0.667. The monoisotopic (exact) mass is 502 g/mol. The van der Waals surface area contributed by atoms with Crippen molar-refractivity contribution < 1.29 is 49.7 Å². The van der Waals surface area contributed by atoms with Crippen LogP contribution in [0.4, 0.5) is 5.82 Å². The molecule has 5 unspecified atom stereocenters. The molecule has 0 radical (unpaired) electrons. The smallest absolute Gasteiger partial charge is 0.217 e. The quantitative estimate of drug-likeness (QED) is 0.134. The number of aromatic nitrogens is 1. The molecule has 35 heavy (non-hydrogen) atoms. The number of aliphatic hydroxyl groups is 6. The van der Waals surface area contributed by atoms with Crippen molar-refractivity contribution >= 4 is 17.6 Å². The Kier molecular flexibility index (Phi) is 11.2. The molecule has 0 saturated carbocycles. The van der Waals surface area contributed by atoms with Gasteiger partial charge in [-0.05, 0) is 12.1 Å². The lowest BCUT2D eigenvalue weighted by atomic mass is 9.96. The third-order valence-corrected chi connectivity index (χ3v) is 5.41. The van der Waals surface area contributed by atoms with E-state index in [1.54, 1.807) is 18.2 Å². The maximum atomic E-state index is 11.8. The van der Waals surface area contributed by atoms with Crippen molar-refractivity contribution in [1.82, 2.24) is 15.6 Å². The summed E-state index contributed by atoms with van der Waals surface area (Å²) in [6, 6.07) is 2.67. The van der Waals surface area contributed by atoms with Crippen molar-refractivity contribution in [3.05, 3.63) is 24.4 Å². The van der Waals surface area contributed by atoms with Crippen LogP contribution in [-0.4, -0.2) is 122 Å². The molecule has 1 fully saturated rings. The Morgan fingerprint density at radius 3 is 2.40 bits per heavy atom. The van der Waals surface area contributed by atoms with Gasteiger partial charge in [-0.15, -0.1) is 0 Å². The van der Waals surface area contributed by atoms with E-state index in [4.69, 9.17) is 9.47 Å². The molecule has 1 aromatic heterocycles. The predicted octanol–water partition coefficient (Wildman–Crippen LogP) is -3.96. The molecule has 2 rings (SSSR count). The Hall–Kier alpha value is -2.43. The number of aliphatic hydroxyl groups excluding tert-OH is 6.